The monoisotopic (exact) mass is 160 g/mol. The Balaban J connectivity index is 3.32. The van der Waals surface area contributed by atoms with Crippen LogP contribution in [0.3, 0.4) is 0 Å². The highest BCUT2D eigenvalue weighted by Crippen LogP contribution is 1.99. The Morgan fingerprint density at radius 2 is 2.00 bits per heavy atom. The lowest BCUT2D eigenvalue weighted by Gasteiger charge is -2.07. The molecule has 11 heavy (non-hydrogen) atoms. The molecule has 0 aliphatic carbocycles. The van der Waals surface area contributed by atoms with Crippen LogP contribution in [0.5, 0.6) is 0 Å². The van der Waals surface area contributed by atoms with Gasteiger partial charge in [-0.15, -0.1) is 0 Å². The van der Waals surface area contributed by atoms with Crippen molar-refractivity contribution in [2.75, 3.05) is 6.61 Å². The lowest BCUT2D eigenvalue weighted by atomic mass is 10.1. The Kier molecular flexibility index (Phi) is 4.86. The smallest absolute Gasteiger partial charge is 0.334 e. The lowest BCUT2D eigenvalue weighted by Crippen LogP contribution is -2.20. The maximum Gasteiger partial charge on any atom is 0.334 e. The number of ether oxygens (including phenoxy) is 1. The number of carbonyl (C=O) groups excluding carboxylic acids is 1. The summed E-state index contributed by atoms with van der Waals surface area (Å²) in [4.78, 5) is 10.7. The molecule has 0 radical (unpaired) electrons. The molecule has 3 heteroatoms. The summed E-state index contributed by atoms with van der Waals surface area (Å²) in [5.41, 5.74) is 0. The fourth-order valence-corrected chi connectivity index (χ4v) is 0.516. The van der Waals surface area contributed by atoms with Crippen LogP contribution in [0.2, 0.25) is 0 Å². The van der Waals surface area contributed by atoms with Gasteiger partial charge in [-0.2, -0.15) is 0 Å². The second-order valence-electron chi connectivity index (χ2n) is 3.03. The van der Waals surface area contributed by atoms with Crippen LogP contribution in [-0.4, -0.2) is 23.8 Å². The molecule has 0 saturated heterocycles. The molecule has 1 unspecified atom stereocenters. The quantitative estimate of drug-likeness (QED) is 0.623. The van der Waals surface area contributed by atoms with Gasteiger partial charge in [0, 0.05) is 0 Å². The maximum atomic E-state index is 10.7. The van der Waals surface area contributed by atoms with E-state index in [1.165, 1.54) is 6.92 Å². The first-order valence-corrected chi connectivity index (χ1v) is 3.88. The van der Waals surface area contributed by atoms with Crippen molar-refractivity contribution in [1.29, 1.82) is 0 Å². The van der Waals surface area contributed by atoms with Crippen molar-refractivity contribution in [3.8, 4) is 0 Å². The van der Waals surface area contributed by atoms with E-state index in [-0.39, 0.29) is 0 Å². The van der Waals surface area contributed by atoms with E-state index < -0.39 is 12.1 Å². The van der Waals surface area contributed by atoms with Crippen molar-refractivity contribution in [1.82, 2.24) is 0 Å². The van der Waals surface area contributed by atoms with Gasteiger partial charge in [-0.05, 0) is 19.3 Å². The van der Waals surface area contributed by atoms with Gasteiger partial charge in [-0.25, -0.2) is 4.79 Å². The first-order valence-electron chi connectivity index (χ1n) is 3.88. The lowest BCUT2D eigenvalue weighted by molar-refractivity contribution is -0.152. The minimum absolute atomic E-state index is 0.404. The molecule has 0 heterocycles. The van der Waals surface area contributed by atoms with Crippen LogP contribution in [0.4, 0.5) is 0 Å². The highest BCUT2D eigenvalue weighted by Gasteiger charge is 2.09. The van der Waals surface area contributed by atoms with E-state index in [0.29, 0.717) is 12.5 Å². The Bertz CT molecular complexity index is 119. The number of esters is 1. The molecular formula is C8H16O3. The summed E-state index contributed by atoms with van der Waals surface area (Å²) < 4.78 is 4.73. The summed E-state index contributed by atoms with van der Waals surface area (Å²) in [6.07, 6.45) is -0.152. The van der Waals surface area contributed by atoms with Gasteiger partial charge >= 0.3 is 5.97 Å². The molecule has 1 N–H and O–H groups in total. The van der Waals surface area contributed by atoms with Gasteiger partial charge in [0.2, 0.25) is 0 Å². The molecule has 1 atom stereocenters. The molecule has 0 amide bonds. The highest BCUT2D eigenvalue weighted by atomic mass is 16.5. The van der Waals surface area contributed by atoms with Crippen molar-refractivity contribution in [3.05, 3.63) is 0 Å². The molecule has 0 fully saturated rings. The predicted molar refractivity (Wildman–Crippen MR) is 42.1 cm³/mol. The summed E-state index contributed by atoms with van der Waals surface area (Å²) in [7, 11) is 0. The van der Waals surface area contributed by atoms with Crippen molar-refractivity contribution in [2.45, 2.75) is 33.3 Å². The molecule has 0 aromatic carbocycles. The first-order chi connectivity index (χ1) is 5.04. The fourth-order valence-electron chi connectivity index (χ4n) is 0.516. The van der Waals surface area contributed by atoms with E-state index >= 15 is 0 Å². The van der Waals surface area contributed by atoms with Crippen molar-refractivity contribution in [3.63, 3.8) is 0 Å². The van der Waals surface area contributed by atoms with Gasteiger partial charge in [-0.3, -0.25) is 0 Å². The fraction of sp³-hybridized carbons (Fsp3) is 0.875. The zero-order valence-electron chi connectivity index (χ0n) is 7.33. The first kappa shape index (κ1) is 10.4. The van der Waals surface area contributed by atoms with Gasteiger partial charge < -0.3 is 9.84 Å². The van der Waals surface area contributed by atoms with Gasteiger partial charge in [0.25, 0.3) is 0 Å². The Hall–Kier alpha value is -0.570. The number of hydrogen-bond acceptors (Lipinski definition) is 3. The number of aliphatic hydroxyl groups is 1. The summed E-state index contributed by atoms with van der Waals surface area (Å²) in [6.45, 7) is 5.91. The average Bonchev–Trinajstić information content (AvgIpc) is 1.86. The third kappa shape index (κ3) is 5.85. The van der Waals surface area contributed by atoms with Gasteiger partial charge in [0.1, 0.15) is 6.10 Å². The standard InChI is InChI=1S/C8H16O3/c1-6(2)4-5-11-8(10)7(3)9/h6-7,9H,4-5H2,1-3H3. The molecule has 0 aromatic heterocycles. The van der Waals surface area contributed by atoms with E-state index in [0.717, 1.165) is 6.42 Å². The van der Waals surface area contributed by atoms with E-state index in [1.54, 1.807) is 0 Å². The number of hydrogen-bond donors (Lipinski definition) is 1. The number of aliphatic hydroxyl groups excluding tert-OH is 1. The summed E-state index contributed by atoms with van der Waals surface area (Å²) in [5.74, 6) is -0.0116. The van der Waals surface area contributed by atoms with Gasteiger partial charge in [0.15, 0.2) is 0 Å². The van der Waals surface area contributed by atoms with Crippen LogP contribution in [0.25, 0.3) is 0 Å². The summed E-state index contributed by atoms with van der Waals surface area (Å²) in [6, 6.07) is 0. The third-order valence-corrected chi connectivity index (χ3v) is 1.28. The van der Waals surface area contributed by atoms with Crippen LogP contribution in [-0.2, 0) is 9.53 Å². The zero-order chi connectivity index (χ0) is 8.85. The van der Waals surface area contributed by atoms with Gasteiger partial charge in [0.05, 0.1) is 6.61 Å². The SMILES string of the molecule is CC(C)CCOC(=O)C(C)O. The largest absolute Gasteiger partial charge is 0.464 e. The zero-order valence-corrected chi connectivity index (χ0v) is 7.33. The molecule has 66 valence electrons. The van der Waals surface area contributed by atoms with Crippen molar-refractivity contribution < 1.29 is 14.6 Å². The molecule has 3 nitrogen and oxygen atoms in total. The van der Waals surface area contributed by atoms with Crippen LogP contribution in [0.1, 0.15) is 27.2 Å². The minimum atomic E-state index is -0.998. The Labute approximate surface area is 67.4 Å². The molecule has 0 aromatic rings. The van der Waals surface area contributed by atoms with E-state index in [9.17, 15) is 4.79 Å². The molecule has 0 aliphatic rings. The summed E-state index contributed by atoms with van der Waals surface area (Å²) >= 11 is 0. The third-order valence-electron chi connectivity index (χ3n) is 1.28. The Morgan fingerprint density at radius 1 is 1.45 bits per heavy atom. The van der Waals surface area contributed by atoms with E-state index in [2.05, 4.69) is 13.8 Å². The second kappa shape index (κ2) is 5.13. The van der Waals surface area contributed by atoms with E-state index in [1.807, 2.05) is 0 Å². The summed E-state index contributed by atoms with van der Waals surface area (Å²) in [5, 5.41) is 8.71. The minimum Gasteiger partial charge on any atom is -0.464 e. The average molecular weight is 160 g/mol. The molecule has 0 saturated carbocycles. The topological polar surface area (TPSA) is 46.5 Å². The molecule has 0 bridgehead atoms. The van der Waals surface area contributed by atoms with Crippen LogP contribution in [0, 0.1) is 5.92 Å². The molecular weight excluding hydrogens is 144 g/mol. The normalized spacial score (nSPS) is 13.2. The van der Waals surface area contributed by atoms with Crippen LogP contribution in [0.15, 0.2) is 0 Å². The second-order valence-corrected chi connectivity index (χ2v) is 3.03. The van der Waals surface area contributed by atoms with E-state index in [4.69, 9.17) is 9.84 Å². The highest BCUT2D eigenvalue weighted by molar-refractivity contribution is 5.73. The Morgan fingerprint density at radius 3 is 2.36 bits per heavy atom. The maximum absolute atomic E-state index is 10.7. The predicted octanol–water partition coefficient (Wildman–Crippen LogP) is 0.956. The van der Waals surface area contributed by atoms with Crippen LogP contribution < -0.4 is 0 Å². The van der Waals surface area contributed by atoms with Crippen molar-refractivity contribution >= 4 is 5.97 Å². The van der Waals surface area contributed by atoms with Crippen molar-refractivity contribution in [2.24, 2.45) is 5.92 Å². The molecule has 0 aliphatic heterocycles. The molecule has 0 spiro atoms. The number of carbonyl (C=O) groups is 1. The van der Waals surface area contributed by atoms with Gasteiger partial charge in [-0.1, -0.05) is 13.8 Å². The number of rotatable bonds is 4. The molecule has 0 rings (SSSR count). The van der Waals surface area contributed by atoms with Crippen LogP contribution >= 0.6 is 0 Å².